The van der Waals surface area contributed by atoms with Crippen molar-refractivity contribution in [1.29, 1.82) is 0 Å². The Morgan fingerprint density at radius 3 is 1.18 bits per heavy atom. The molecule has 4 aliphatic heterocycles. The molecule has 8 nitrogen and oxygen atoms in total. The van der Waals surface area contributed by atoms with Crippen LogP contribution in [0.1, 0.15) is 23.2 Å². The number of hydrogen-bond donors (Lipinski definition) is 0. The van der Waals surface area contributed by atoms with Crippen LogP contribution in [0.15, 0.2) is 109 Å². The van der Waals surface area contributed by atoms with Crippen LogP contribution in [0.25, 0.3) is 0 Å². The van der Waals surface area contributed by atoms with Gasteiger partial charge in [0.2, 0.25) is 11.8 Å². The molecule has 0 saturated carbocycles. The number of carbonyl (C=O) groups is 4. The van der Waals surface area contributed by atoms with Crippen LogP contribution < -0.4 is 9.80 Å². The zero-order valence-corrected chi connectivity index (χ0v) is 24.5. The number of nitrogens with zero attached hydrogens (tertiary/aromatic N) is 4. The van der Waals surface area contributed by atoms with Gasteiger partial charge in [0.05, 0.1) is 35.3 Å². The minimum absolute atomic E-state index is 0.377. The average molecular weight is 623 g/mol. The monoisotopic (exact) mass is 622 g/mol. The van der Waals surface area contributed by atoms with Crippen LogP contribution in [0.3, 0.4) is 0 Å². The third kappa shape index (κ3) is 3.78. The quantitative estimate of drug-likeness (QED) is 0.282. The molecule has 4 fully saturated rings. The van der Waals surface area contributed by atoms with Gasteiger partial charge >= 0.3 is 0 Å². The summed E-state index contributed by atoms with van der Waals surface area (Å²) in [6, 6.07) is 28.9. The number of imide groups is 2. The molecule has 218 valence electrons. The van der Waals surface area contributed by atoms with Gasteiger partial charge in [0.15, 0.2) is 0 Å². The van der Waals surface area contributed by atoms with Crippen molar-refractivity contribution in [1.82, 2.24) is 10.0 Å². The molecule has 6 atom stereocenters. The van der Waals surface area contributed by atoms with Gasteiger partial charge in [0.25, 0.3) is 11.8 Å². The molecule has 0 spiro atoms. The average Bonchev–Trinajstić information content (AvgIpc) is 3.69. The second-order valence-corrected chi connectivity index (χ2v) is 12.3. The fraction of sp³-hybridized carbons (Fsp3) is 0.176. The molecule has 4 aromatic carbocycles. The number of hydrazine groups is 1. The van der Waals surface area contributed by atoms with E-state index in [1.165, 1.54) is 9.80 Å². The van der Waals surface area contributed by atoms with Crippen molar-refractivity contribution in [3.05, 3.63) is 130 Å². The topological polar surface area (TPSA) is 81.2 Å². The molecule has 4 amide bonds. The highest BCUT2D eigenvalue weighted by Crippen LogP contribution is 2.59. The van der Waals surface area contributed by atoms with Crippen LogP contribution >= 0.6 is 23.2 Å². The summed E-state index contributed by atoms with van der Waals surface area (Å²) in [6.45, 7) is 0. The Morgan fingerprint density at radius 1 is 0.432 bits per heavy atom. The Morgan fingerprint density at radius 2 is 0.818 bits per heavy atom. The van der Waals surface area contributed by atoms with Crippen LogP contribution in [-0.2, 0) is 19.2 Å². The lowest BCUT2D eigenvalue weighted by Gasteiger charge is -2.35. The highest BCUT2D eigenvalue weighted by Gasteiger charge is 2.73. The molecule has 0 unspecified atom stereocenters. The van der Waals surface area contributed by atoms with Crippen LogP contribution in [0.5, 0.6) is 0 Å². The summed E-state index contributed by atoms with van der Waals surface area (Å²) in [5, 5.41) is 4.50. The first kappa shape index (κ1) is 27.2. The fourth-order valence-corrected chi connectivity index (χ4v) is 7.91. The van der Waals surface area contributed by atoms with Crippen LogP contribution in [0.4, 0.5) is 11.4 Å². The molecule has 4 aliphatic rings. The lowest BCUT2D eigenvalue weighted by Crippen LogP contribution is -2.50. The van der Waals surface area contributed by atoms with E-state index in [1.807, 2.05) is 70.7 Å². The Balaban J connectivity index is 1.33. The highest BCUT2D eigenvalue weighted by atomic mass is 35.5. The molecule has 0 radical (unpaired) electrons. The standard InChI is InChI=1S/C34H24Cl2N4O4/c35-21-13-7-15-23(17-21)37-31(41)25-27(19-9-3-1-4-10-19)39-30-26(32(42)38(34(30)44)24-16-8-14-22(36)18-24)28(20-11-5-2-6-12-20)40(39)29(25)33(37)43/h1-18,25-30H/t25-,26-,27+,28+,29+,30+/m1/s1. The largest absolute Gasteiger partial charge is 0.274 e. The molecule has 4 heterocycles. The third-order valence-electron chi connectivity index (χ3n) is 9.14. The third-order valence-corrected chi connectivity index (χ3v) is 9.61. The summed E-state index contributed by atoms with van der Waals surface area (Å²) in [7, 11) is 0. The Hall–Kier alpha value is -4.34. The normalized spacial score (nSPS) is 28.1. The van der Waals surface area contributed by atoms with Crippen molar-refractivity contribution in [2.24, 2.45) is 11.8 Å². The number of fused-ring (bicyclic) bond motifs is 5. The van der Waals surface area contributed by atoms with E-state index in [9.17, 15) is 19.2 Å². The van der Waals surface area contributed by atoms with Gasteiger partial charge in [0, 0.05) is 10.0 Å². The predicted molar refractivity (Wildman–Crippen MR) is 164 cm³/mol. The molecule has 4 aromatic rings. The summed E-state index contributed by atoms with van der Waals surface area (Å²) in [6.07, 6.45) is 0. The number of hydrogen-bond acceptors (Lipinski definition) is 6. The summed E-state index contributed by atoms with van der Waals surface area (Å²) in [4.78, 5) is 59.9. The maximum Gasteiger partial charge on any atom is 0.253 e. The van der Waals surface area contributed by atoms with Crippen molar-refractivity contribution in [2.75, 3.05) is 9.80 Å². The first-order valence-corrected chi connectivity index (χ1v) is 15.1. The van der Waals surface area contributed by atoms with Crippen LogP contribution in [0.2, 0.25) is 10.0 Å². The van der Waals surface area contributed by atoms with Gasteiger partial charge in [-0.25, -0.2) is 19.8 Å². The Bertz CT molecular complexity index is 1720. The van der Waals surface area contributed by atoms with Crippen molar-refractivity contribution < 1.29 is 19.2 Å². The van der Waals surface area contributed by atoms with Crippen LogP contribution in [-0.4, -0.2) is 45.7 Å². The molecular formula is C34H24Cl2N4O4. The Labute approximate surface area is 262 Å². The van der Waals surface area contributed by atoms with E-state index in [-0.39, 0.29) is 11.8 Å². The molecule has 4 saturated heterocycles. The lowest BCUT2D eigenvalue weighted by molar-refractivity contribution is -0.136. The molecule has 0 N–H and O–H groups in total. The molecule has 44 heavy (non-hydrogen) atoms. The minimum Gasteiger partial charge on any atom is -0.274 e. The smallest absolute Gasteiger partial charge is 0.253 e. The Kier molecular flexibility index (Phi) is 6.25. The van der Waals surface area contributed by atoms with Gasteiger partial charge in [-0.1, -0.05) is 96.0 Å². The van der Waals surface area contributed by atoms with Crippen molar-refractivity contribution >= 4 is 58.2 Å². The molecule has 0 bridgehead atoms. The number of benzene rings is 4. The minimum atomic E-state index is -0.942. The molecule has 0 aromatic heterocycles. The highest BCUT2D eigenvalue weighted by molar-refractivity contribution is 6.32. The zero-order chi connectivity index (χ0) is 30.3. The number of halogens is 2. The molecule has 0 aliphatic carbocycles. The number of anilines is 2. The zero-order valence-electron chi connectivity index (χ0n) is 23.0. The summed E-state index contributed by atoms with van der Waals surface area (Å²) in [5.74, 6) is -3.26. The SMILES string of the molecule is O=C1[C@H]2[C@@H](C(=O)N1c1cccc(Cl)c1)N1[C@@H](c3ccccc3)[C@H]3C(=O)N(c4cccc(Cl)c4)C(=O)[C@H]3N1[C@H]2c1ccccc1. The van der Waals surface area contributed by atoms with Gasteiger partial charge in [-0.2, -0.15) is 0 Å². The van der Waals surface area contributed by atoms with Gasteiger partial charge in [0.1, 0.15) is 12.1 Å². The van der Waals surface area contributed by atoms with Crippen molar-refractivity contribution in [2.45, 2.75) is 24.2 Å². The second-order valence-electron chi connectivity index (χ2n) is 11.4. The van der Waals surface area contributed by atoms with E-state index >= 15 is 0 Å². The van der Waals surface area contributed by atoms with Crippen molar-refractivity contribution in [3.63, 3.8) is 0 Å². The van der Waals surface area contributed by atoms with Gasteiger partial charge in [-0.15, -0.1) is 0 Å². The predicted octanol–water partition coefficient (Wildman–Crippen LogP) is 5.44. The van der Waals surface area contributed by atoms with E-state index in [0.717, 1.165) is 11.1 Å². The lowest BCUT2D eigenvalue weighted by atomic mass is 9.84. The fourth-order valence-electron chi connectivity index (χ4n) is 7.54. The van der Waals surface area contributed by atoms with Gasteiger partial charge < -0.3 is 0 Å². The molecule has 8 rings (SSSR count). The second kappa shape index (κ2) is 10.1. The number of amides is 4. The maximum absolute atomic E-state index is 14.4. The van der Waals surface area contributed by atoms with E-state index in [4.69, 9.17) is 23.2 Å². The van der Waals surface area contributed by atoms with E-state index in [0.29, 0.717) is 21.4 Å². The van der Waals surface area contributed by atoms with Crippen molar-refractivity contribution in [3.8, 4) is 0 Å². The molecular weight excluding hydrogens is 599 g/mol. The maximum atomic E-state index is 14.4. The van der Waals surface area contributed by atoms with Gasteiger partial charge in [-0.05, 0) is 47.5 Å². The van der Waals surface area contributed by atoms with E-state index in [1.54, 1.807) is 48.5 Å². The van der Waals surface area contributed by atoms with Gasteiger partial charge in [-0.3, -0.25) is 19.2 Å². The first-order valence-electron chi connectivity index (χ1n) is 14.3. The summed E-state index contributed by atoms with van der Waals surface area (Å²) in [5.41, 5.74) is 2.31. The summed E-state index contributed by atoms with van der Waals surface area (Å²) >= 11 is 12.5. The summed E-state index contributed by atoms with van der Waals surface area (Å²) < 4.78 is 0. The molecule has 10 heteroatoms. The number of carbonyl (C=O) groups excluding carboxylic acids is 4. The number of rotatable bonds is 4. The van der Waals surface area contributed by atoms with E-state index < -0.39 is 47.8 Å². The first-order chi connectivity index (χ1) is 21.4. The van der Waals surface area contributed by atoms with Crippen LogP contribution in [0, 0.1) is 11.8 Å². The van der Waals surface area contributed by atoms with E-state index in [2.05, 4.69) is 0 Å².